The number of ether oxygens (including phenoxy) is 2. The number of esters is 1. The molecule has 5 heteroatoms. The Bertz CT molecular complexity index is 289. The van der Waals surface area contributed by atoms with Crippen molar-refractivity contribution in [3.63, 3.8) is 0 Å². The fourth-order valence-electron chi connectivity index (χ4n) is 1.22. The summed E-state index contributed by atoms with van der Waals surface area (Å²) in [5.41, 5.74) is -1.43. The van der Waals surface area contributed by atoms with Crippen LogP contribution in [0.25, 0.3) is 0 Å². The van der Waals surface area contributed by atoms with Crippen LogP contribution in [0.5, 0.6) is 0 Å². The Morgan fingerprint density at radius 3 is 2.25 bits per heavy atom. The van der Waals surface area contributed by atoms with E-state index < -0.39 is 23.2 Å². The van der Waals surface area contributed by atoms with Crippen LogP contribution in [0.4, 0.5) is 4.79 Å². The smallest absolute Gasteiger partial charge is 0.408 e. The SMILES string of the molecule is C[CH]OC(=O)C1(NC(=O)OC(C)(C)C)CC1. The number of amides is 1. The molecule has 1 N–H and O–H groups in total. The van der Waals surface area contributed by atoms with E-state index in [1.54, 1.807) is 27.7 Å². The minimum atomic E-state index is -0.866. The van der Waals surface area contributed by atoms with Crippen molar-refractivity contribution in [2.75, 3.05) is 0 Å². The van der Waals surface area contributed by atoms with Gasteiger partial charge in [-0.1, -0.05) is 0 Å². The Morgan fingerprint density at radius 2 is 1.88 bits per heavy atom. The Hall–Kier alpha value is -1.26. The van der Waals surface area contributed by atoms with Gasteiger partial charge in [0.05, 0.1) is 0 Å². The fourth-order valence-corrected chi connectivity index (χ4v) is 1.22. The van der Waals surface area contributed by atoms with Crippen molar-refractivity contribution < 1.29 is 19.1 Å². The van der Waals surface area contributed by atoms with E-state index in [9.17, 15) is 9.59 Å². The molecule has 16 heavy (non-hydrogen) atoms. The fraction of sp³-hybridized carbons (Fsp3) is 0.727. The standard InChI is InChI=1S/C11H18NO4/c1-5-15-8(13)11(6-7-11)12-9(14)16-10(2,3)4/h5H,6-7H2,1-4H3,(H,12,14). The lowest BCUT2D eigenvalue weighted by Gasteiger charge is -2.22. The average molecular weight is 228 g/mol. The summed E-state index contributed by atoms with van der Waals surface area (Å²) in [6, 6.07) is 0. The van der Waals surface area contributed by atoms with Gasteiger partial charge in [-0.3, -0.25) is 0 Å². The van der Waals surface area contributed by atoms with Crippen LogP contribution in [0.2, 0.25) is 0 Å². The third-order valence-electron chi connectivity index (χ3n) is 2.11. The summed E-state index contributed by atoms with van der Waals surface area (Å²) in [6.45, 7) is 8.22. The van der Waals surface area contributed by atoms with Crippen molar-refractivity contribution in [3.05, 3.63) is 6.61 Å². The van der Waals surface area contributed by atoms with Gasteiger partial charge < -0.3 is 14.8 Å². The van der Waals surface area contributed by atoms with E-state index in [1.807, 2.05) is 0 Å². The second-order valence-electron chi connectivity index (χ2n) is 4.85. The maximum atomic E-state index is 11.5. The molecule has 0 unspecified atom stereocenters. The van der Waals surface area contributed by atoms with Crippen molar-refractivity contribution in [2.45, 2.75) is 51.7 Å². The number of nitrogens with one attached hydrogen (secondary N) is 1. The zero-order valence-electron chi connectivity index (χ0n) is 10.1. The molecule has 91 valence electrons. The normalized spacial score (nSPS) is 17.5. The highest BCUT2D eigenvalue weighted by molar-refractivity contribution is 5.89. The summed E-state index contributed by atoms with van der Waals surface area (Å²) in [5.74, 6) is -0.430. The van der Waals surface area contributed by atoms with Crippen molar-refractivity contribution >= 4 is 12.1 Å². The largest absolute Gasteiger partial charge is 0.457 e. The minimum absolute atomic E-state index is 0.430. The lowest BCUT2D eigenvalue weighted by molar-refractivity contribution is -0.143. The lowest BCUT2D eigenvalue weighted by Crippen LogP contribution is -2.46. The predicted octanol–water partition coefficient (Wildman–Crippen LogP) is 1.77. The molecule has 0 aromatic carbocycles. The molecule has 1 rings (SSSR count). The molecule has 0 saturated heterocycles. The van der Waals surface area contributed by atoms with E-state index in [4.69, 9.17) is 9.47 Å². The van der Waals surface area contributed by atoms with Crippen molar-refractivity contribution in [2.24, 2.45) is 0 Å². The lowest BCUT2D eigenvalue weighted by atomic mass is 10.2. The topological polar surface area (TPSA) is 64.6 Å². The third kappa shape index (κ3) is 3.40. The first-order valence-electron chi connectivity index (χ1n) is 5.29. The van der Waals surface area contributed by atoms with Gasteiger partial charge in [-0.2, -0.15) is 0 Å². The molecule has 0 aromatic heterocycles. The first-order chi connectivity index (χ1) is 7.29. The van der Waals surface area contributed by atoms with Crippen molar-refractivity contribution in [1.82, 2.24) is 5.32 Å². The molecule has 1 amide bonds. The summed E-state index contributed by atoms with van der Waals surface area (Å²) in [6.07, 6.45) is 0.607. The third-order valence-corrected chi connectivity index (χ3v) is 2.11. The molecule has 0 bridgehead atoms. The zero-order valence-corrected chi connectivity index (χ0v) is 10.1. The Balaban J connectivity index is 2.48. The zero-order chi connectivity index (χ0) is 12.4. The van der Waals surface area contributed by atoms with Crippen LogP contribution < -0.4 is 5.32 Å². The summed E-state index contributed by atoms with van der Waals surface area (Å²) in [7, 11) is 0. The number of hydrogen-bond acceptors (Lipinski definition) is 4. The van der Waals surface area contributed by atoms with Crippen LogP contribution in [0.15, 0.2) is 0 Å². The van der Waals surface area contributed by atoms with Crippen LogP contribution in [-0.2, 0) is 14.3 Å². The maximum Gasteiger partial charge on any atom is 0.408 e. The molecule has 1 radical (unpaired) electrons. The molecule has 0 aliphatic heterocycles. The summed E-state index contributed by atoms with van der Waals surface area (Å²) >= 11 is 0. The molecule has 5 nitrogen and oxygen atoms in total. The van der Waals surface area contributed by atoms with Gasteiger partial charge in [0.25, 0.3) is 0 Å². The van der Waals surface area contributed by atoms with Gasteiger partial charge in [-0.25, -0.2) is 9.59 Å². The molecule has 1 aliphatic rings. The summed E-state index contributed by atoms with van der Waals surface area (Å²) < 4.78 is 9.84. The van der Waals surface area contributed by atoms with Gasteiger partial charge in [0.2, 0.25) is 0 Å². The highest BCUT2D eigenvalue weighted by atomic mass is 16.6. The first kappa shape index (κ1) is 12.8. The number of carbonyl (C=O) groups is 2. The van der Waals surface area contributed by atoms with Crippen molar-refractivity contribution in [1.29, 1.82) is 0 Å². The summed E-state index contributed by atoms with van der Waals surface area (Å²) in [5, 5.41) is 2.55. The van der Waals surface area contributed by atoms with E-state index in [-0.39, 0.29) is 0 Å². The molecule has 0 spiro atoms. The monoisotopic (exact) mass is 228 g/mol. The molecule has 1 fully saturated rings. The van der Waals surface area contributed by atoms with Crippen LogP contribution in [0, 0.1) is 6.61 Å². The highest BCUT2D eigenvalue weighted by Crippen LogP contribution is 2.37. The number of alkyl carbamates (subject to hydrolysis) is 1. The number of carbonyl (C=O) groups excluding carboxylic acids is 2. The summed E-state index contributed by atoms with van der Waals surface area (Å²) in [4.78, 5) is 23.0. The van der Waals surface area contributed by atoms with Gasteiger partial charge in [0, 0.05) is 0 Å². The van der Waals surface area contributed by atoms with E-state index >= 15 is 0 Å². The number of hydrogen-bond donors (Lipinski definition) is 1. The average Bonchev–Trinajstić information content (AvgIpc) is 2.82. The molecule has 0 atom stereocenters. The molecular weight excluding hydrogens is 210 g/mol. The predicted molar refractivity (Wildman–Crippen MR) is 57.4 cm³/mol. The van der Waals surface area contributed by atoms with E-state index in [0.717, 1.165) is 0 Å². The molecule has 1 saturated carbocycles. The Morgan fingerprint density at radius 1 is 1.31 bits per heavy atom. The van der Waals surface area contributed by atoms with Gasteiger partial charge >= 0.3 is 12.1 Å². The van der Waals surface area contributed by atoms with Crippen molar-refractivity contribution in [3.8, 4) is 0 Å². The van der Waals surface area contributed by atoms with Crippen LogP contribution in [0.1, 0.15) is 40.5 Å². The Kier molecular flexibility index (Phi) is 3.45. The maximum absolute atomic E-state index is 11.5. The minimum Gasteiger partial charge on any atom is -0.457 e. The second kappa shape index (κ2) is 4.31. The van der Waals surface area contributed by atoms with Crippen LogP contribution >= 0.6 is 0 Å². The first-order valence-corrected chi connectivity index (χ1v) is 5.29. The van der Waals surface area contributed by atoms with E-state index in [2.05, 4.69) is 5.32 Å². The molecular formula is C11H18NO4. The highest BCUT2D eigenvalue weighted by Gasteiger charge is 2.53. The van der Waals surface area contributed by atoms with Gasteiger partial charge in [-0.05, 0) is 40.5 Å². The van der Waals surface area contributed by atoms with Crippen LogP contribution in [-0.4, -0.2) is 23.2 Å². The van der Waals surface area contributed by atoms with Gasteiger partial charge in [-0.15, -0.1) is 0 Å². The van der Waals surface area contributed by atoms with Gasteiger partial charge in [0.1, 0.15) is 17.7 Å². The molecule has 0 aromatic rings. The molecule has 1 aliphatic carbocycles. The van der Waals surface area contributed by atoms with E-state index in [1.165, 1.54) is 6.61 Å². The second-order valence-corrected chi connectivity index (χ2v) is 4.85. The number of rotatable bonds is 3. The van der Waals surface area contributed by atoms with Gasteiger partial charge in [0.15, 0.2) is 0 Å². The quantitative estimate of drug-likeness (QED) is 0.748. The van der Waals surface area contributed by atoms with Crippen LogP contribution in [0.3, 0.4) is 0 Å². The molecule has 0 heterocycles. The Labute approximate surface area is 95.5 Å². The van der Waals surface area contributed by atoms with E-state index in [0.29, 0.717) is 12.8 Å².